The molecule has 168 valence electrons. The Kier molecular flexibility index (Phi) is 7.43. The van der Waals surface area contributed by atoms with E-state index in [1.807, 2.05) is 60.8 Å². The van der Waals surface area contributed by atoms with E-state index in [1.54, 1.807) is 0 Å². The molecule has 1 heterocycles. The number of H-pyrrole nitrogens is 1. The molecule has 6 nitrogen and oxygen atoms in total. The summed E-state index contributed by atoms with van der Waals surface area (Å²) in [6.07, 6.45) is 8.39. The Morgan fingerprint density at radius 2 is 1.69 bits per heavy atom. The number of carbonyl (C=O) groups excluding carboxylic acids is 2. The molecular weight excluding hydrogens is 402 g/mol. The van der Waals surface area contributed by atoms with Crippen LogP contribution in [-0.4, -0.2) is 29.1 Å². The van der Waals surface area contributed by atoms with Gasteiger partial charge in [-0.05, 0) is 30.0 Å². The lowest BCUT2D eigenvalue weighted by atomic mass is 10.0. The van der Waals surface area contributed by atoms with E-state index in [4.69, 9.17) is 4.74 Å². The number of aromatic nitrogens is 1. The highest BCUT2D eigenvalue weighted by Crippen LogP contribution is 2.20. The van der Waals surface area contributed by atoms with Crippen molar-refractivity contribution in [2.75, 3.05) is 0 Å². The highest BCUT2D eigenvalue weighted by molar-refractivity contribution is 5.88. The van der Waals surface area contributed by atoms with Gasteiger partial charge in [0, 0.05) is 29.6 Å². The zero-order valence-corrected chi connectivity index (χ0v) is 18.3. The van der Waals surface area contributed by atoms with Gasteiger partial charge in [0.15, 0.2) is 0 Å². The molecule has 2 amide bonds. The average molecular weight is 434 g/mol. The number of nitrogens with one attached hydrogen (secondary N) is 3. The molecule has 1 atom stereocenters. The highest BCUT2D eigenvalue weighted by atomic mass is 16.5. The molecule has 0 bridgehead atoms. The van der Waals surface area contributed by atoms with Gasteiger partial charge in [0.2, 0.25) is 5.91 Å². The van der Waals surface area contributed by atoms with Gasteiger partial charge in [-0.25, -0.2) is 4.79 Å². The maximum atomic E-state index is 13.2. The Labute approximate surface area is 188 Å². The third kappa shape index (κ3) is 5.90. The Morgan fingerprint density at radius 3 is 2.47 bits per heavy atom. The number of rotatable bonds is 7. The summed E-state index contributed by atoms with van der Waals surface area (Å²) in [5.74, 6) is -0.154. The molecule has 2 aromatic carbocycles. The molecular formula is C26H31N3O3. The number of carbonyl (C=O) groups is 2. The normalized spacial score (nSPS) is 15.6. The van der Waals surface area contributed by atoms with Crippen LogP contribution in [0.4, 0.5) is 4.79 Å². The SMILES string of the molecule is O=C(NC(Cc1c[nH]c2ccccc12)C(=O)NC1CCCCCC1)OCc1ccccc1. The average Bonchev–Trinajstić information content (AvgIpc) is 3.04. The zero-order valence-electron chi connectivity index (χ0n) is 18.3. The van der Waals surface area contributed by atoms with Crippen molar-refractivity contribution < 1.29 is 14.3 Å². The third-order valence-electron chi connectivity index (χ3n) is 6.12. The van der Waals surface area contributed by atoms with Crippen molar-refractivity contribution in [3.8, 4) is 0 Å². The summed E-state index contributed by atoms with van der Waals surface area (Å²) >= 11 is 0. The highest BCUT2D eigenvalue weighted by Gasteiger charge is 2.25. The fraction of sp³-hybridized carbons (Fsp3) is 0.385. The molecule has 1 aliphatic rings. The van der Waals surface area contributed by atoms with Crippen LogP contribution in [0.25, 0.3) is 10.9 Å². The van der Waals surface area contributed by atoms with Crippen LogP contribution >= 0.6 is 0 Å². The van der Waals surface area contributed by atoms with Crippen molar-refractivity contribution in [2.24, 2.45) is 0 Å². The summed E-state index contributed by atoms with van der Waals surface area (Å²) in [5.41, 5.74) is 2.90. The molecule has 0 spiro atoms. The van der Waals surface area contributed by atoms with E-state index in [2.05, 4.69) is 15.6 Å². The Hall–Kier alpha value is -3.28. The molecule has 1 aromatic heterocycles. The van der Waals surface area contributed by atoms with Crippen LogP contribution < -0.4 is 10.6 Å². The van der Waals surface area contributed by atoms with Crippen molar-refractivity contribution in [3.05, 3.63) is 71.9 Å². The molecule has 6 heteroatoms. The number of aromatic amines is 1. The quantitative estimate of drug-likeness (QED) is 0.466. The predicted molar refractivity (Wildman–Crippen MR) is 125 cm³/mol. The molecule has 0 radical (unpaired) electrons. The van der Waals surface area contributed by atoms with E-state index in [0.29, 0.717) is 6.42 Å². The van der Waals surface area contributed by atoms with Crippen molar-refractivity contribution >= 4 is 22.9 Å². The summed E-state index contributed by atoms with van der Waals surface area (Å²) in [4.78, 5) is 29.0. The predicted octanol–water partition coefficient (Wildman–Crippen LogP) is 4.84. The van der Waals surface area contributed by atoms with Gasteiger partial charge in [0.25, 0.3) is 0 Å². The van der Waals surface area contributed by atoms with E-state index < -0.39 is 12.1 Å². The molecule has 3 N–H and O–H groups in total. The van der Waals surface area contributed by atoms with Crippen LogP contribution in [0, 0.1) is 0 Å². The number of para-hydroxylation sites is 1. The van der Waals surface area contributed by atoms with Crippen LogP contribution in [0.2, 0.25) is 0 Å². The van der Waals surface area contributed by atoms with Crippen molar-refractivity contribution in [3.63, 3.8) is 0 Å². The van der Waals surface area contributed by atoms with Crippen molar-refractivity contribution in [1.29, 1.82) is 0 Å². The third-order valence-corrected chi connectivity index (χ3v) is 6.12. The van der Waals surface area contributed by atoms with Gasteiger partial charge < -0.3 is 20.4 Å². The minimum atomic E-state index is -0.708. The van der Waals surface area contributed by atoms with Crippen LogP contribution in [0.15, 0.2) is 60.8 Å². The maximum absolute atomic E-state index is 13.2. The lowest BCUT2D eigenvalue weighted by molar-refractivity contribution is -0.123. The number of hydrogen-bond acceptors (Lipinski definition) is 3. The molecule has 32 heavy (non-hydrogen) atoms. The van der Waals surface area contributed by atoms with Crippen LogP contribution in [0.3, 0.4) is 0 Å². The van der Waals surface area contributed by atoms with E-state index in [-0.39, 0.29) is 18.6 Å². The van der Waals surface area contributed by atoms with Gasteiger partial charge in [-0.15, -0.1) is 0 Å². The molecule has 1 unspecified atom stereocenters. The molecule has 1 fully saturated rings. The number of hydrogen-bond donors (Lipinski definition) is 3. The summed E-state index contributed by atoms with van der Waals surface area (Å²) < 4.78 is 5.39. The zero-order chi connectivity index (χ0) is 22.2. The summed E-state index contributed by atoms with van der Waals surface area (Å²) in [7, 11) is 0. The van der Waals surface area contributed by atoms with E-state index >= 15 is 0 Å². The first-order chi connectivity index (χ1) is 15.7. The number of benzene rings is 2. The summed E-state index contributed by atoms with van der Waals surface area (Å²) in [5, 5.41) is 7.04. The maximum Gasteiger partial charge on any atom is 0.408 e. The monoisotopic (exact) mass is 433 g/mol. The van der Waals surface area contributed by atoms with Crippen LogP contribution in [0.1, 0.15) is 49.7 Å². The van der Waals surface area contributed by atoms with Gasteiger partial charge in [0.1, 0.15) is 12.6 Å². The van der Waals surface area contributed by atoms with Gasteiger partial charge >= 0.3 is 6.09 Å². The standard InChI is InChI=1S/C26H31N3O3/c30-25(28-21-12-6-1-2-7-13-21)24(16-20-17-27-23-15-9-8-14-22(20)23)29-26(31)32-18-19-10-4-3-5-11-19/h3-5,8-11,14-15,17,21,24,27H,1-2,6-7,12-13,16,18H2,(H,28,30)(H,29,31). The second-order valence-corrected chi connectivity index (χ2v) is 8.52. The van der Waals surface area contributed by atoms with Gasteiger partial charge in [-0.1, -0.05) is 74.2 Å². The number of fused-ring (bicyclic) bond motifs is 1. The topological polar surface area (TPSA) is 83.2 Å². The second kappa shape index (κ2) is 10.8. The smallest absolute Gasteiger partial charge is 0.408 e. The van der Waals surface area contributed by atoms with Crippen molar-refractivity contribution in [1.82, 2.24) is 15.6 Å². The Balaban J connectivity index is 1.44. The minimum absolute atomic E-state index is 0.154. The first kappa shape index (κ1) is 21.9. The van der Waals surface area contributed by atoms with Gasteiger partial charge in [-0.3, -0.25) is 4.79 Å². The lowest BCUT2D eigenvalue weighted by Gasteiger charge is -2.22. The first-order valence-corrected chi connectivity index (χ1v) is 11.5. The Bertz CT molecular complexity index is 1020. The largest absolute Gasteiger partial charge is 0.445 e. The number of ether oxygens (including phenoxy) is 1. The molecule has 1 aliphatic carbocycles. The molecule has 3 aromatic rings. The lowest BCUT2D eigenvalue weighted by Crippen LogP contribution is -2.50. The molecule has 4 rings (SSSR count). The minimum Gasteiger partial charge on any atom is -0.445 e. The molecule has 1 saturated carbocycles. The van der Waals surface area contributed by atoms with E-state index in [0.717, 1.165) is 47.7 Å². The van der Waals surface area contributed by atoms with E-state index in [1.165, 1.54) is 12.8 Å². The fourth-order valence-electron chi connectivity index (χ4n) is 4.36. The Morgan fingerprint density at radius 1 is 0.969 bits per heavy atom. The second-order valence-electron chi connectivity index (χ2n) is 8.52. The summed E-state index contributed by atoms with van der Waals surface area (Å²) in [6.45, 7) is 0.163. The van der Waals surface area contributed by atoms with Gasteiger partial charge in [0.05, 0.1) is 0 Å². The molecule has 0 saturated heterocycles. The van der Waals surface area contributed by atoms with Gasteiger partial charge in [-0.2, -0.15) is 0 Å². The first-order valence-electron chi connectivity index (χ1n) is 11.5. The number of alkyl carbamates (subject to hydrolysis) is 1. The molecule has 0 aliphatic heterocycles. The van der Waals surface area contributed by atoms with Crippen molar-refractivity contribution in [2.45, 2.75) is 63.6 Å². The number of amides is 2. The summed E-state index contributed by atoms with van der Waals surface area (Å²) in [6, 6.07) is 16.9. The fourth-order valence-corrected chi connectivity index (χ4v) is 4.36. The van der Waals surface area contributed by atoms with Crippen LogP contribution in [-0.2, 0) is 22.6 Å². The van der Waals surface area contributed by atoms with E-state index in [9.17, 15) is 9.59 Å². The van der Waals surface area contributed by atoms with Crippen LogP contribution in [0.5, 0.6) is 0 Å².